The second kappa shape index (κ2) is 9.07. The minimum Gasteiger partial charge on any atom is -0.489 e. The first-order valence-electron chi connectivity index (χ1n) is 9.24. The van der Waals surface area contributed by atoms with E-state index in [0.29, 0.717) is 24.6 Å². The predicted molar refractivity (Wildman–Crippen MR) is 104 cm³/mol. The highest BCUT2D eigenvalue weighted by atomic mass is 16.5. The van der Waals surface area contributed by atoms with Gasteiger partial charge in [0.15, 0.2) is 0 Å². The van der Waals surface area contributed by atoms with E-state index in [1.54, 1.807) is 11.0 Å². The third-order valence-electron chi connectivity index (χ3n) is 4.66. The van der Waals surface area contributed by atoms with Gasteiger partial charge in [-0.05, 0) is 37.0 Å². The summed E-state index contributed by atoms with van der Waals surface area (Å²) >= 11 is 0. The number of carbonyl (C=O) groups excluding carboxylic acids is 2. The molecule has 0 aromatic heterocycles. The van der Waals surface area contributed by atoms with Gasteiger partial charge in [0, 0.05) is 30.8 Å². The number of nitrogens with one attached hydrogen (secondary N) is 1. The highest BCUT2D eigenvalue weighted by Gasteiger charge is 2.27. The average molecular weight is 367 g/mol. The van der Waals surface area contributed by atoms with Gasteiger partial charge in [-0.2, -0.15) is 0 Å². The zero-order valence-corrected chi connectivity index (χ0v) is 15.3. The number of urea groups is 1. The molecule has 6 heteroatoms. The van der Waals surface area contributed by atoms with Gasteiger partial charge >= 0.3 is 6.03 Å². The van der Waals surface area contributed by atoms with E-state index in [9.17, 15) is 9.59 Å². The molecule has 1 fully saturated rings. The van der Waals surface area contributed by atoms with Crippen LogP contribution in [0.15, 0.2) is 54.6 Å². The number of likely N-dealkylation sites (tertiary alicyclic amines) is 1. The van der Waals surface area contributed by atoms with Crippen molar-refractivity contribution in [3.05, 3.63) is 60.2 Å². The van der Waals surface area contributed by atoms with Gasteiger partial charge in [0.05, 0.1) is 0 Å². The fourth-order valence-electron chi connectivity index (χ4n) is 3.31. The molecule has 27 heavy (non-hydrogen) atoms. The highest BCUT2D eigenvalue weighted by molar-refractivity contribution is 5.90. The summed E-state index contributed by atoms with van der Waals surface area (Å²) in [5.74, 6) is 0.306. The van der Waals surface area contributed by atoms with Crippen molar-refractivity contribution in [3.8, 4) is 5.75 Å². The van der Waals surface area contributed by atoms with Crippen LogP contribution in [0.25, 0.3) is 0 Å². The topological polar surface area (TPSA) is 84.7 Å². The van der Waals surface area contributed by atoms with Crippen LogP contribution in [0.1, 0.15) is 31.2 Å². The number of ether oxygens (including phenoxy) is 1. The number of nitrogens with zero attached hydrogens (tertiary/aromatic N) is 1. The number of carbonyl (C=O) groups is 2. The normalized spacial score (nSPS) is 16.6. The van der Waals surface area contributed by atoms with E-state index < -0.39 is 0 Å². The van der Waals surface area contributed by atoms with Gasteiger partial charge in [0.2, 0.25) is 5.91 Å². The number of benzene rings is 2. The van der Waals surface area contributed by atoms with E-state index in [0.717, 1.165) is 24.8 Å². The molecule has 142 valence electrons. The SMILES string of the molecule is NC(=O)C[C@H]1CCCCN1C(=O)Nc1cccc(OCc2ccccc2)c1. The van der Waals surface area contributed by atoms with Crippen LogP contribution in [0.3, 0.4) is 0 Å². The molecule has 1 saturated heterocycles. The van der Waals surface area contributed by atoms with Gasteiger partial charge in [-0.1, -0.05) is 36.4 Å². The van der Waals surface area contributed by atoms with E-state index in [2.05, 4.69) is 5.32 Å². The minimum atomic E-state index is -0.379. The Bertz CT molecular complexity index is 779. The molecule has 0 aliphatic carbocycles. The fourth-order valence-corrected chi connectivity index (χ4v) is 3.31. The molecule has 2 aromatic rings. The number of piperidine rings is 1. The van der Waals surface area contributed by atoms with E-state index in [1.165, 1.54) is 0 Å². The summed E-state index contributed by atoms with van der Waals surface area (Å²) in [6, 6.07) is 16.9. The number of hydrogen-bond donors (Lipinski definition) is 2. The lowest BCUT2D eigenvalue weighted by molar-refractivity contribution is -0.119. The molecule has 0 bridgehead atoms. The molecule has 1 aliphatic heterocycles. The third kappa shape index (κ3) is 5.48. The van der Waals surface area contributed by atoms with Crippen molar-refractivity contribution >= 4 is 17.6 Å². The Labute approximate surface area is 159 Å². The van der Waals surface area contributed by atoms with Crippen molar-refractivity contribution in [2.75, 3.05) is 11.9 Å². The molecule has 6 nitrogen and oxygen atoms in total. The summed E-state index contributed by atoms with van der Waals surface area (Å²) in [6.45, 7) is 1.10. The number of anilines is 1. The van der Waals surface area contributed by atoms with Crippen LogP contribution in [0.2, 0.25) is 0 Å². The maximum absolute atomic E-state index is 12.7. The smallest absolute Gasteiger partial charge is 0.322 e. The summed E-state index contributed by atoms with van der Waals surface area (Å²) in [5, 5.41) is 2.91. The molecule has 3 rings (SSSR count). The van der Waals surface area contributed by atoms with Crippen LogP contribution >= 0.6 is 0 Å². The Morgan fingerprint density at radius 1 is 1.11 bits per heavy atom. The largest absolute Gasteiger partial charge is 0.489 e. The van der Waals surface area contributed by atoms with Crippen molar-refractivity contribution in [3.63, 3.8) is 0 Å². The number of nitrogens with two attached hydrogens (primary N) is 1. The van der Waals surface area contributed by atoms with Gasteiger partial charge < -0.3 is 20.7 Å². The second-order valence-electron chi connectivity index (χ2n) is 6.75. The van der Waals surface area contributed by atoms with Crippen molar-refractivity contribution < 1.29 is 14.3 Å². The van der Waals surface area contributed by atoms with E-state index >= 15 is 0 Å². The Morgan fingerprint density at radius 3 is 2.70 bits per heavy atom. The molecule has 2 aromatic carbocycles. The first-order chi connectivity index (χ1) is 13.1. The van der Waals surface area contributed by atoms with E-state index in [-0.39, 0.29) is 24.4 Å². The standard InChI is InChI=1S/C21H25N3O3/c22-20(25)14-18-10-4-5-12-24(18)21(26)23-17-9-6-11-19(13-17)27-15-16-7-2-1-3-8-16/h1-3,6-9,11,13,18H,4-5,10,12,14-15H2,(H2,22,25)(H,23,26)/t18-/m1/s1. The third-order valence-corrected chi connectivity index (χ3v) is 4.66. The average Bonchev–Trinajstić information content (AvgIpc) is 2.67. The van der Waals surface area contributed by atoms with Crippen LogP contribution in [-0.2, 0) is 11.4 Å². The maximum atomic E-state index is 12.7. The Morgan fingerprint density at radius 2 is 1.93 bits per heavy atom. The van der Waals surface area contributed by atoms with Crippen molar-refractivity contribution in [2.45, 2.75) is 38.3 Å². The van der Waals surface area contributed by atoms with Gasteiger partial charge in [0.1, 0.15) is 12.4 Å². The molecule has 0 radical (unpaired) electrons. The zero-order valence-electron chi connectivity index (χ0n) is 15.3. The molecule has 1 aliphatic rings. The Balaban J connectivity index is 1.61. The van der Waals surface area contributed by atoms with Crippen LogP contribution in [0.4, 0.5) is 10.5 Å². The van der Waals surface area contributed by atoms with Crippen LogP contribution in [0.5, 0.6) is 5.75 Å². The molecule has 1 atom stereocenters. The molecule has 3 amide bonds. The summed E-state index contributed by atoms with van der Waals surface area (Å²) in [4.78, 5) is 25.7. The molecule has 0 unspecified atom stereocenters. The lowest BCUT2D eigenvalue weighted by Gasteiger charge is -2.35. The molecule has 1 heterocycles. The molecule has 0 spiro atoms. The maximum Gasteiger partial charge on any atom is 0.322 e. The monoisotopic (exact) mass is 367 g/mol. The lowest BCUT2D eigenvalue weighted by Crippen LogP contribution is -2.47. The highest BCUT2D eigenvalue weighted by Crippen LogP contribution is 2.23. The summed E-state index contributed by atoms with van der Waals surface area (Å²) in [5.41, 5.74) is 7.06. The molecule has 3 N–H and O–H groups in total. The zero-order chi connectivity index (χ0) is 19.1. The van der Waals surface area contributed by atoms with Crippen molar-refractivity contribution in [1.82, 2.24) is 4.90 Å². The van der Waals surface area contributed by atoms with Crippen molar-refractivity contribution in [1.29, 1.82) is 0 Å². The quantitative estimate of drug-likeness (QED) is 0.819. The molecule has 0 saturated carbocycles. The first kappa shape index (κ1) is 18.8. The van der Waals surface area contributed by atoms with Crippen LogP contribution < -0.4 is 15.8 Å². The summed E-state index contributed by atoms with van der Waals surface area (Å²) in [7, 11) is 0. The Hall–Kier alpha value is -3.02. The summed E-state index contributed by atoms with van der Waals surface area (Å²) in [6.07, 6.45) is 2.94. The van der Waals surface area contributed by atoms with Crippen LogP contribution in [-0.4, -0.2) is 29.4 Å². The second-order valence-corrected chi connectivity index (χ2v) is 6.75. The summed E-state index contributed by atoms with van der Waals surface area (Å²) < 4.78 is 5.81. The predicted octanol–water partition coefficient (Wildman–Crippen LogP) is 3.53. The fraction of sp³-hybridized carbons (Fsp3) is 0.333. The van der Waals surface area contributed by atoms with Gasteiger partial charge in [-0.25, -0.2) is 4.79 Å². The van der Waals surface area contributed by atoms with E-state index in [4.69, 9.17) is 10.5 Å². The van der Waals surface area contributed by atoms with Gasteiger partial charge in [-0.3, -0.25) is 4.79 Å². The van der Waals surface area contributed by atoms with E-state index in [1.807, 2.05) is 48.5 Å². The number of hydrogen-bond acceptors (Lipinski definition) is 3. The number of primary amides is 1. The minimum absolute atomic E-state index is 0.131. The molecular weight excluding hydrogens is 342 g/mol. The van der Waals surface area contributed by atoms with Crippen LogP contribution in [0, 0.1) is 0 Å². The lowest BCUT2D eigenvalue weighted by atomic mass is 9.99. The number of rotatable bonds is 6. The first-order valence-corrected chi connectivity index (χ1v) is 9.24. The molecular formula is C21H25N3O3. The Kier molecular flexibility index (Phi) is 6.30. The number of amides is 3. The van der Waals surface area contributed by atoms with Crippen molar-refractivity contribution in [2.24, 2.45) is 5.73 Å². The van der Waals surface area contributed by atoms with Gasteiger partial charge in [-0.15, -0.1) is 0 Å². The van der Waals surface area contributed by atoms with Gasteiger partial charge in [0.25, 0.3) is 0 Å².